The molecule has 2 aromatic rings. The van der Waals surface area contributed by atoms with Gasteiger partial charge in [-0.3, -0.25) is 4.79 Å². The van der Waals surface area contributed by atoms with Gasteiger partial charge in [-0.15, -0.1) is 22.9 Å². The summed E-state index contributed by atoms with van der Waals surface area (Å²) in [4.78, 5) is 16.9. The molecule has 1 heterocycles. The maximum atomic E-state index is 11.5. The normalized spacial score (nSPS) is 10.5. The van der Waals surface area contributed by atoms with Crippen LogP contribution in [0.15, 0.2) is 24.3 Å². The lowest BCUT2D eigenvalue weighted by Gasteiger charge is -1.98. The van der Waals surface area contributed by atoms with E-state index >= 15 is 0 Å². The molecule has 17 heavy (non-hydrogen) atoms. The second-order valence-corrected chi connectivity index (χ2v) is 5.32. The molecule has 88 valence electrons. The Balaban J connectivity index is 2.42. The van der Waals surface area contributed by atoms with Crippen LogP contribution in [0, 0.1) is 13.8 Å². The van der Waals surface area contributed by atoms with E-state index in [1.807, 2.05) is 38.1 Å². The fourth-order valence-electron chi connectivity index (χ4n) is 1.55. The molecule has 0 bridgehead atoms. The van der Waals surface area contributed by atoms with Crippen LogP contribution in [0.1, 0.15) is 20.2 Å². The van der Waals surface area contributed by atoms with Gasteiger partial charge in [0.2, 0.25) is 5.78 Å². The van der Waals surface area contributed by atoms with Gasteiger partial charge in [-0.2, -0.15) is 0 Å². The third-order valence-electron chi connectivity index (χ3n) is 2.48. The molecule has 0 saturated heterocycles. The van der Waals surface area contributed by atoms with Crippen molar-refractivity contribution in [2.45, 2.75) is 13.8 Å². The van der Waals surface area contributed by atoms with Crippen molar-refractivity contribution in [2.75, 3.05) is 5.88 Å². The Morgan fingerprint density at radius 3 is 2.53 bits per heavy atom. The number of hydrogen-bond acceptors (Lipinski definition) is 3. The van der Waals surface area contributed by atoms with E-state index in [9.17, 15) is 4.79 Å². The van der Waals surface area contributed by atoms with Crippen LogP contribution in [0.25, 0.3) is 11.3 Å². The number of aromatic nitrogens is 1. The van der Waals surface area contributed by atoms with Crippen molar-refractivity contribution in [3.8, 4) is 11.3 Å². The largest absolute Gasteiger partial charge is 0.290 e. The number of carbonyl (C=O) groups excluding carboxylic acids is 1. The summed E-state index contributed by atoms with van der Waals surface area (Å²) in [5.41, 5.74) is 3.13. The molecule has 0 spiro atoms. The van der Waals surface area contributed by atoms with Gasteiger partial charge in [0, 0.05) is 10.4 Å². The molecule has 1 aromatic heterocycles. The number of alkyl halides is 1. The Morgan fingerprint density at radius 2 is 1.94 bits per heavy atom. The third kappa shape index (κ3) is 2.56. The maximum absolute atomic E-state index is 11.5. The van der Waals surface area contributed by atoms with Crippen LogP contribution in [0.5, 0.6) is 0 Å². The smallest absolute Gasteiger partial charge is 0.206 e. The number of Topliss-reactive ketones (excluding diaryl/α,β-unsaturated/α-hetero) is 1. The van der Waals surface area contributed by atoms with Crippen LogP contribution >= 0.6 is 22.9 Å². The zero-order valence-electron chi connectivity index (χ0n) is 9.66. The Kier molecular flexibility index (Phi) is 3.60. The first-order valence-electron chi connectivity index (χ1n) is 5.25. The number of ketones is 1. The van der Waals surface area contributed by atoms with Gasteiger partial charge in [-0.25, -0.2) is 4.98 Å². The minimum Gasteiger partial charge on any atom is -0.290 e. The summed E-state index contributed by atoms with van der Waals surface area (Å²) in [6.45, 7) is 4.01. The molecule has 0 unspecified atom stereocenters. The number of rotatable bonds is 3. The number of carbonyl (C=O) groups is 1. The van der Waals surface area contributed by atoms with E-state index in [1.165, 1.54) is 16.9 Å². The summed E-state index contributed by atoms with van der Waals surface area (Å²) >= 11 is 6.93. The molecule has 2 nitrogen and oxygen atoms in total. The Labute approximate surface area is 109 Å². The van der Waals surface area contributed by atoms with E-state index in [1.54, 1.807) is 0 Å². The summed E-state index contributed by atoms with van der Waals surface area (Å²) in [6, 6.07) is 8.12. The Hall–Kier alpha value is -1.19. The van der Waals surface area contributed by atoms with Crippen LogP contribution in [0.4, 0.5) is 0 Å². The minimum absolute atomic E-state index is 0.0136. The van der Waals surface area contributed by atoms with Gasteiger partial charge in [0.1, 0.15) is 0 Å². The highest BCUT2D eigenvalue weighted by Gasteiger charge is 2.14. The monoisotopic (exact) mass is 265 g/mol. The molecule has 0 fully saturated rings. The predicted molar refractivity (Wildman–Crippen MR) is 72.1 cm³/mol. The van der Waals surface area contributed by atoms with E-state index in [4.69, 9.17) is 11.6 Å². The molecular weight excluding hydrogens is 254 g/mol. The zero-order chi connectivity index (χ0) is 12.4. The van der Waals surface area contributed by atoms with Gasteiger partial charge in [-0.1, -0.05) is 29.8 Å². The summed E-state index contributed by atoms with van der Waals surface area (Å²) in [7, 11) is 0. The number of halogens is 1. The first-order valence-corrected chi connectivity index (χ1v) is 6.60. The average Bonchev–Trinajstić information content (AvgIpc) is 2.71. The number of hydrogen-bond donors (Lipinski definition) is 0. The highest BCUT2D eigenvalue weighted by molar-refractivity contribution is 7.14. The second kappa shape index (κ2) is 4.98. The number of benzene rings is 1. The molecule has 2 rings (SSSR count). The van der Waals surface area contributed by atoms with Crippen LogP contribution in [-0.2, 0) is 0 Å². The van der Waals surface area contributed by atoms with E-state index in [2.05, 4.69) is 4.98 Å². The number of thiazole rings is 1. The van der Waals surface area contributed by atoms with Crippen molar-refractivity contribution in [3.05, 3.63) is 39.7 Å². The average molecular weight is 266 g/mol. The minimum atomic E-state index is -0.113. The van der Waals surface area contributed by atoms with E-state index in [0.29, 0.717) is 5.01 Å². The Morgan fingerprint density at radius 1 is 1.29 bits per heavy atom. The van der Waals surface area contributed by atoms with Gasteiger partial charge in [0.05, 0.1) is 11.6 Å². The molecule has 0 saturated carbocycles. The molecule has 0 atom stereocenters. The fraction of sp³-hybridized carbons (Fsp3) is 0.231. The quantitative estimate of drug-likeness (QED) is 0.623. The topological polar surface area (TPSA) is 30.0 Å². The molecule has 0 aliphatic rings. The lowest BCUT2D eigenvalue weighted by Crippen LogP contribution is -1.98. The van der Waals surface area contributed by atoms with Crippen molar-refractivity contribution >= 4 is 28.7 Å². The van der Waals surface area contributed by atoms with Gasteiger partial charge in [0.25, 0.3) is 0 Å². The maximum Gasteiger partial charge on any atom is 0.206 e. The lowest BCUT2D eigenvalue weighted by atomic mass is 10.1. The second-order valence-electron chi connectivity index (χ2n) is 3.85. The van der Waals surface area contributed by atoms with Gasteiger partial charge in [0.15, 0.2) is 5.01 Å². The standard InChI is InChI=1S/C13H12ClNOS/c1-8-3-5-10(6-4-8)12-9(2)17-13(15-12)11(16)7-14/h3-6H,7H2,1-2H3. The van der Waals surface area contributed by atoms with Crippen LogP contribution in [0.2, 0.25) is 0 Å². The number of nitrogens with zero attached hydrogens (tertiary/aromatic N) is 1. The Bertz CT molecular complexity index is 545. The predicted octanol–water partition coefficient (Wildman–Crippen LogP) is 3.85. The molecule has 0 aliphatic heterocycles. The van der Waals surface area contributed by atoms with E-state index < -0.39 is 0 Å². The first-order chi connectivity index (χ1) is 8.11. The molecule has 4 heteroatoms. The number of aryl methyl sites for hydroxylation is 2. The highest BCUT2D eigenvalue weighted by atomic mass is 35.5. The van der Waals surface area contributed by atoms with Gasteiger partial charge in [-0.05, 0) is 13.8 Å². The highest BCUT2D eigenvalue weighted by Crippen LogP contribution is 2.28. The van der Waals surface area contributed by atoms with Gasteiger partial charge < -0.3 is 0 Å². The van der Waals surface area contributed by atoms with Crippen molar-refractivity contribution in [3.63, 3.8) is 0 Å². The van der Waals surface area contributed by atoms with E-state index in [0.717, 1.165) is 16.1 Å². The summed E-state index contributed by atoms with van der Waals surface area (Å²) in [5.74, 6) is -0.126. The van der Waals surface area contributed by atoms with Crippen molar-refractivity contribution in [1.82, 2.24) is 4.98 Å². The molecule has 1 aromatic carbocycles. The van der Waals surface area contributed by atoms with Gasteiger partial charge >= 0.3 is 0 Å². The van der Waals surface area contributed by atoms with Crippen molar-refractivity contribution < 1.29 is 4.79 Å². The van der Waals surface area contributed by atoms with Crippen molar-refractivity contribution in [1.29, 1.82) is 0 Å². The molecule has 0 N–H and O–H groups in total. The SMILES string of the molecule is Cc1ccc(-c2nc(C(=O)CCl)sc2C)cc1. The summed E-state index contributed by atoms with van der Waals surface area (Å²) in [6.07, 6.45) is 0. The molecular formula is C13H12ClNOS. The molecule has 0 radical (unpaired) electrons. The molecule has 0 aliphatic carbocycles. The van der Waals surface area contributed by atoms with Crippen LogP contribution in [-0.4, -0.2) is 16.6 Å². The van der Waals surface area contributed by atoms with Crippen molar-refractivity contribution in [2.24, 2.45) is 0 Å². The first kappa shape index (κ1) is 12.3. The lowest BCUT2D eigenvalue weighted by molar-refractivity contribution is 0.102. The zero-order valence-corrected chi connectivity index (χ0v) is 11.2. The fourth-order valence-corrected chi connectivity index (χ4v) is 2.63. The third-order valence-corrected chi connectivity index (χ3v) is 3.74. The van der Waals surface area contributed by atoms with Crippen LogP contribution < -0.4 is 0 Å². The summed E-state index contributed by atoms with van der Waals surface area (Å²) < 4.78 is 0. The summed E-state index contributed by atoms with van der Waals surface area (Å²) in [5, 5.41) is 0.494. The van der Waals surface area contributed by atoms with E-state index in [-0.39, 0.29) is 11.7 Å². The van der Waals surface area contributed by atoms with Crippen LogP contribution in [0.3, 0.4) is 0 Å². The molecule has 0 amide bonds.